The Balaban J connectivity index is 2.38. The summed E-state index contributed by atoms with van der Waals surface area (Å²) < 4.78 is 0. The lowest BCUT2D eigenvalue weighted by molar-refractivity contribution is 0.461. The molecule has 2 aromatic carbocycles. The molecule has 0 aliphatic carbocycles. The van der Waals surface area contributed by atoms with Crippen LogP contribution >= 0.6 is 0 Å². The molecule has 0 saturated heterocycles. The third-order valence-corrected chi connectivity index (χ3v) is 4.16. The molecule has 0 aromatic heterocycles. The molecular formula is C21H28O. The first-order valence-electron chi connectivity index (χ1n) is 8.48. The van der Waals surface area contributed by atoms with Gasteiger partial charge in [0.2, 0.25) is 0 Å². The normalized spacial score (nSPS) is 12.5. The highest BCUT2D eigenvalue weighted by atomic mass is 16.3. The zero-order valence-electron chi connectivity index (χ0n) is 14.0. The van der Waals surface area contributed by atoms with Crippen LogP contribution in [0.15, 0.2) is 48.5 Å². The van der Waals surface area contributed by atoms with Gasteiger partial charge in [-0.05, 0) is 36.0 Å². The third kappa shape index (κ3) is 4.37. The van der Waals surface area contributed by atoms with E-state index in [1.807, 2.05) is 6.07 Å². The fourth-order valence-electron chi connectivity index (χ4n) is 3.08. The summed E-state index contributed by atoms with van der Waals surface area (Å²) in [6.45, 7) is 6.69. The van der Waals surface area contributed by atoms with Gasteiger partial charge in [-0.25, -0.2) is 0 Å². The predicted octanol–water partition coefficient (Wildman–Crippen LogP) is 5.91. The van der Waals surface area contributed by atoms with Crippen LogP contribution in [0.5, 0.6) is 5.75 Å². The molecule has 118 valence electrons. The molecule has 0 fully saturated rings. The van der Waals surface area contributed by atoms with Crippen LogP contribution in [0.1, 0.15) is 62.6 Å². The first-order valence-corrected chi connectivity index (χ1v) is 8.48. The van der Waals surface area contributed by atoms with Crippen LogP contribution in [0, 0.1) is 5.92 Å². The second-order valence-corrected chi connectivity index (χ2v) is 6.60. The Labute approximate surface area is 135 Å². The number of phenols is 1. The highest BCUT2D eigenvalue weighted by Gasteiger charge is 2.18. The van der Waals surface area contributed by atoms with Crippen molar-refractivity contribution >= 4 is 0 Å². The predicted molar refractivity (Wildman–Crippen MR) is 94.5 cm³/mol. The van der Waals surface area contributed by atoms with E-state index in [9.17, 15) is 5.11 Å². The number of unbranched alkanes of at least 4 members (excludes halogenated alkanes) is 1. The molecule has 0 aliphatic rings. The van der Waals surface area contributed by atoms with Crippen molar-refractivity contribution in [3.05, 3.63) is 65.2 Å². The van der Waals surface area contributed by atoms with Gasteiger partial charge in [0, 0.05) is 11.5 Å². The van der Waals surface area contributed by atoms with E-state index in [1.54, 1.807) is 0 Å². The summed E-state index contributed by atoms with van der Waals surface area (Å²) in [5, 5.41) is 10.4. The zero-order valence-corrected chi connectivity index (χ0v) is 14.0. The lowest BCUT2D eigenvalue weighted by Crippen LogP contribution is -2.04. The molecule has 1 heteroatoms. The second-order valence-electron chi connectivity index (χ2n) is 6.60. The number of rotatable bonds is 7. The first-order chi connectivity index (χ1) is 10.6. The van der Waals surface area contributed by atoms with Crippen molar-refractivity contribution in [1.82, 2.24) is 0 Å². The number of phenolic OH excluding ortho intramolecular Hbond substituents is 1. The van der Waals surface area contributed by atoms with E-state index in [2.05, 4.69) is 63.2 Å². The van der Waals surface area contributed by atoms with Crippen molar-refractivity contribution in [3.63, 3.8) is 0 Å². The maximum absolute atomic E-state index is 10.4. The number of aromatic hydroxyl groups is 1. The smallest absolute Gasteiger partial charge is 0.119 e. The Kier molecular flexibility index (Phi) is 6.06. The van der Waals surface area contributed by atoms with Crippen LogP contribution in [0.3, 0.4) is 0 Å². The van der Waals surface area contributed by atoms with E-state index in [0.717, 1.165) is 18.4 Å². The van der Waals surface area contributed by atoms with Crippen molar-refractivity contribution < 1.29 is 5.11 Å². The molecule has 0 aliphatic heterocycles. The molecular weight excluding hydrogens is 268 g/mol. The van der Waals surface area contributed by atoms with Crippen LogP contribution in [0.2, 0.25) is 0 Å². The molecule has 1 unspecified atom stereocenters. The molecule has 0 amide bonds. The largest absolute Gasteiger partial charge is 0.508 e. The second kappa shape index (κ2) is 8.03. The third-order valence-electron chi connectivity index (χ3n) is 4.16. The van der Waals surface area contributed by atoms with E-state index < -0.39 is 0 Å². The summed E-state index contributed by atoms with van der Waals surface area (Å²) in [6.07, 6.45) is 4.49. The molecule has 1 atom stereocenters. The molecule has 0 saturated carbocycles. The molecule has 2 rings (SSSR count). The lowest BCUT2D eigenvalue weighted by atomic mass is 9.85. The van der Waals surface area contributed by atoms with Gasteiger partial charge in [0.05, 0.1) is 0 Å². The van der Waals surface area contributed by atoms with Crippen LogP contribution < -0.4 is 0 Å². The molecule has 1 nitrogen and oxygen atoms in total. The van der Waals surface area contributed by atoms with E-state index in [0.29, 0.717) is 11.7 Å². The number of hydrogen-bond acceptors (Lipinski definition) is 1. The molecule has 0 spiro atoms. The quantitative estimate of drug-likeness (QED) is 0.673. The number of hydrogen-bond donors (Lipinski definition) is 1. The maximum atomic E-state index is 10.4. The minimum atomic E-state index is 0.285. The monoisotopic (exact) mass is 296 g/mol. The van der Waals surface area contributed by atoms with Gasteiger partial charge in [0.25, 0.3) is 0 Å². The Morgan fingerprint density at radius 1 is 1.00 bits per heavy atom. The van der Waals surface area contributed by atoms with Crippen LogP contribution in [-0.2, 0) is 6.42 Å². The van der Waals surface area contributed by atoms with E-state index in [1.165, 1.54) is 24.0 Å². The standard InChI is InChI=1S/C21H28O/c1-4-5-11-19(18-9-7-6-8-10-18)20-15-17(14-16(2)3)12-13-21(20)22/h6-10,12-13,15-16,19,22H,4-5,11,14H2,1-3H3. The molecule has 0 radical (unpaired) electrons. The highest BCUT2D eigenvalue weighted by molar-refractivity contribution is 5.43. The Hall–Kier alpha value is -1.76. The molecule has 0 heterocycles. The zero-order chi connectivity index (χ0) is 15.9. The van der Waals surface area contributed by atoms with E-state index in [4.69, 9.17) is 0 Å². The van der Waals surface area contributed by atoms with E-state index >= 15 is 0 Å². The average molecular weight is 296 g/mol. The summed E-state index contributed by atoms with van der Waals surface area (Å²) in [5.74, 6) is 1.34. The maximum Gasteiger partial charge on any atom is 0.119 e. The molecule has 1 N–H and O–H groups in total. The van der Waals surface area contributed by atoms with Crippen molar-refractivity contribution in [2.24, 2.45) is 5.92 Å². The van der Waals surface area contributed by atoms with Crippen molar-refractivity contribution in [2.75, 3.05) is 0 Å². The summed E-state index contributed by atoms with van der Waals surface area (Å²) >= 11 is 0. The summed E-state index contributed by atoms with van der Waals surface area (Å²) in [7, 11) is 0. The van der Waals surface area contributed by atoms with Gasteiger partial charge in [0.15, 0.2) is 0 Å². The first kappa shape index (κ1) is 16.6. The summed E-state index contributed by atoms with van der Waals surface area (Å²) in [5.41, 5.74) is 3.70. The van der Waals surface area contributed by atoms with Gasteiger partial charge in [0.1, 0.15) is 5.75 Å². The Bertz CT molecular complexity index is 572. The Morgan fingerprint density at radius 2 is 1.73 bits per heavy atom. The molecule has 22 heavy (non-hydrogen) atoms. The minimum Gasteiger partial charge on any atom is -0.508 e. The summed E-state index contributed by atoms with van der Waals surface area (Å²) in [6, 6.07) is 16.7. The van der Waals surface area contributed by atoms with E-state index in [-0.39, 0.29) is 5.92 Å². The Morgan fingerprint density at radius 3 is 2.36 bits per heavy atom. The SMILES string of the molecule is CCCCC(c1ccccc1)c1cc(CC(C)C)ccc1O. The van der Waals surface area contributed by atoms with Gasteiger partial charge < -0.3 is 5.11 Å². The van der Waals surface area contributed by atoms with Gasteiger partial charge in [-0.3, -0.25) is 0 Å². The number of benzene rings is 2. The van der Waals surface area contributed by atoms with Gasteiger partial charge >= 0.3 is 0 Å². The van der Waals surface area contributed by atoms with Gasteiger partial charge in [-0.1, -0.05) is 76.1 Å². The van der Waals surface area contributed by atoms with Crippen LogP contribution in [-0.4, -0.2) is 5.11 Å². The summed E-state index contributed by atoms with van der Waals surface area (Å²) in [4.78, 5) is 0. The average Bonchev–Trinajstić information content (AvgIpc) is 2.51. The van der Waals surface area contributed by atoms with Crippen LogP contribution in [0.4, 0.5) is 0 Å². The fraction of sp³-hybridized carbons (Fsp3) is 0.429. The van der Waals surface area contributed by atoms with Crippen molar-refractivity contribution in [1.29, 1.82) is 0 Å². The minimum absolute atomic E-state index is 0.285. The van der Waals surface area contributed by atoms with Gasteiger partial charge in [-0.15, -0.1) is 0 Å². The molecule has 2 aromatic rings. The fourth-order valence-corrected chi connectivity index (χ4v) is 3.08. The van der Waals surface area contributed by atoms with Crippen LogP contribution in [0.25, 0.3) is 0 Å². The van der Waals surface area contributed by atoms with Gasteiger partial charge in [-0.2, -0.15) is 0 Å². The topological polar surface area (TPSA) is 20.2 Å². The molecule has 0 bridgehead atoms. The van der Waals surface area contributed by atoms with Crippen molar-refractivity contribution in [3.8, 4) is 5.75 Å². The highest BCUT2D eigenvalue weighted by Crippen LogP contribution is 2.36. The lowest BCUT2D eigenvalue weighted by Gasteiger charge is -2.20. The van der Waals surface area contributed by atoms with Crippen molar-refractivity contribution in [2.45, 2.75) is 52.4 Å².